The number of nitrogens with one attached hydrogen (secondary N) is 1. The number of hydrogen-bond acceptors (Lipinski definition) is 2. The van der Waals surface area contributed by atoms with Gasteiger partial charge in [-0.1, -0.05) is 83.4 Å². The van der Waals surface area contributed by atoms with Crippen molar-refractivity contribution in [3.8, 4) is 0 Å². The van der Waals surface area contributed by atoms with E-state index in [1.807, 2.05) is 95.3 Å². The summed E-state index contributed by atoms with van der Waals surface area (Å²) in [6.07, 6.45) is 0.638. The fourth-order valence-electron chi connectivity index (χ4n) is 4.29. The first-order chi connectivity index (χ1) is 16.5. The van der Waals surface area contributed by atoms with E-state index in [4.69, 9.17) is 11.6 Å². The van der Waals surface area contributed by atoms with Gasteiger partial charge in [0.05, 0.1) is 6.42 Å². The van der Waals surface area contributed by atoms with Crippen LogP contribution in [-0.2, 0) is 29.0 Å². The average Bonchev–Trinajstić information content (AvgIpc) is 2.75. The number of carbonyl (C=O) groups is 2. The molecule has 4 nitrogen and oxygen atoms in total. The quantitative estimate of drug-likeness (QED) is 0.417. The molecular weight excluding hydrogens is 456 g/mol. The highest BCUT2D eigenvalue weighted by atomic mass is 35.5. The monoisotopic (exact) mass is 490 g/mol. The lowest BCUT2D eigenvalue weighted by Crippen LogP contribution is -2.54. The predicted octanol–water partition coefficient (Wildman–Crippen LogP) is 6.05. The number of nitrogens with zero attached hydrogens (tertiary/aromatic N) is 1. The van der Waals surface area contributed by atoms with Gasteiger partial charge in [-0.3, -0.25) is 9.59 Å². The third kappa shape index (κ3) is 8.25. The Morgan fingerprint density at radius 1 is 0.857 bits per heavy atom. The van der Waals surface area contributed by atoms with Crippen molar-refractivity contribution in [3.63, 3.8) is 0 Å². The highest BCUT2D eigenvalue weighted by Gasteiger charge is 2.32. The van der Waals surface area contributed by atoms with Gasteiger partial charge in [-0.15, -0.1) is 0 Å². The van der Waals surface area contributed by atoms with Crippen LogP contribution in [0.4, 0.5) is 0 Å². The zero-order valence-electron chi connectivity index (χ0n) is 21.3. The SMILES string of the molecule is Cc1cc(C)cc(CC(=O)N(Cc2cccc(Cl)c2)[C@H](Cc2ccccc2)C(=O)NC(C)(C)C)c1. The molecule has 3 rings (SSSR count). The Morgan fingerprint density at radius 3 is 2.09 bits per heavy atom. The van der Waals surface area contributed by atoms with Crippen molar-refractivity contribution in [1.82, 2.24) is 10.2 Å². The maximum absolute atomic E-state index is 13.8. The topological polar surface area (TPSA) is 49.4 Å². The third-order valence-electron chi connectivity index (χ3n) is 5.65. The summed E-state index contributed by atoms with van der Waals surface area (Å²) in [6.45, 7) is 10.2. The highest BCUT2D eigenvalue weighted by Crippen LogP contribution is 2.20. The van der Waals surface area contributed by atoms with Gasteiger partial charge in [-0.2, -0.15) is 0 Å². The Balaban J connectivity index is 2.01. The molecule has 2 amide bonds. The largest absolute Gasteiger partial charge is 0.350 e. The van der Waals surface area contributed by atoms with Gasteiger partial charge in [0.25, 0.3) is 0 Å². The molecule has 0 saturated heterocycles. The second-order valence-electron chi connectivity index (χ2n) is 10.3. The van der Waals surface area contributed by atoms with Crippen LogP contribution in [-0.4, -0.2) is 28.3 Å². The standard InChI is InChI=1S/C30H35ClN2O2/c1-21-14-22(2)16-25(15-21)19-28(34)33(20-24-12-9-13-26(31)17-24)27(29(35)32-30(3,4)5)18-23-10-7-6-8-11-23/h6-17,27H,18-20H2,1-5H3,(H,32,35)/t27-/m1/s1. The van der Waals surface area contributed by atoms with E-state index in [0.29, 0.717) is 18.0 Å². The van der Waals surface area contributed by atoms with E-state index in [1.54, 1.807) is 11.0 Å². The van der Waals surface area contributed by atoms with Crippen LogP contribution >= 0.6 is 11.6 Å². The summed E-state index contributed by atoms with van der Waals surface area (Å²) in [5.41, 5.74) is 4.62. The predicted molar refractivity (Wildman–Crippen MR) is 143 cm³/mol. The van der Waals surface area contributed by atoms with Crippen LogP contribution in [0.3, 0.4) is 0 Å². The van der Waals surface area contributed by atoms with E-state index in [2.05, 4.69) is 11.4 Å². The van der Waals surface area contributed by atoms with Gasteiger partial charge in [0.15, 0.2) is 0 Å². The zero-order valence-corrected chi connectivity index (χ0v) is 22.0. The number of rotatable bonds is 8. The first-order valence-electron chi connectivity index (χ1n) is 12.0. The molecule has 0 aliphatic carbocycles. The molecule has 0 fully saturated rings. The number of halogens is 1. The van der Waals surface area contributed by atoms with E-state index < -0.39 is 11.6 Å². The van der Waals surface area contributed by atoms with Gasteiger partial charge in [0, 0.05) is 23.5 Å². The molecule has 0 spiro atoms. The average molecular weight is 491 g/mol. The molecule has 3 aromatic carbocycles. The normalized spacial score (nSPS) is 12.2. The van der Waals surface area contributed by atoms with E-state index in [9.17, 15) is 9.59 Å². The van der Waals surface area contributed by atoms with Gasteiger partial charge >= 0.3 is 0 Å². The lowest BCUT2D eigenvalue weighted by molar-refractivity contribution is -0.141. The Hall–Kier alpha value is -3.11. The minimum Gasteiger partial charge on any atom is -0.350 e. The van der Waals surface area contributed by atoms with E-state index in [1.165, 1.54) is 0 Å². The number of benzene rings is 3. The van der Waals surface area contributed by atoms with Crippen molar-refractivity contribution in [1.29, 1.82) is 0 Å². The fraction of sp³-hybridized carbons (Fsp3) is 0.333. The number of amides is 2. The molecule has 0 saturated carbocycles. The molecule has 0 aliphatic rings. The minimum atomic E-state index is -0.672. The Labute approximate surface area is 214 Å². The summed E-state index contributed by atoms with van der Waals surface area (Å²) < 4.78 is 0. The summed E-state index contributed by atoms with van der Waals surface area (Å²) in [4.78, 5) is 29.1. The Morgan fingerprint density at radius 2 is 1.49 bits per heavy atom. The molecule has 184 valence electrons. The van der Waals surface area contributed by atoms with Crippen molar-refractivity contribution in [2.45, 2.75) is 65.6 Å². The summed E-state index contributed by atoms with van der Waals surface area (Å²) >= 11 is 6.25. The molecule has 5 heteroatoms. The van der Waals surface area contributed by atoms with E-state index >= 15 is 0 Å². The molecular formula is C30H35ClN2O2. The Bertz CT molecular complexity index is 1150. The second kappa shape index (κ2) is 11.5. The molecule has 35 heavy (non-hydrogen) atoms. The van der Waals surface area contributed by atoms with Crippen LogP contribution in [0.15, 0.2) is 72.8 Å². The van der Waals surface area contributed by atoms with Gasteiger partial charge < -0.3 is 10.2 Å². The van der Waals surface area contributed by atoms with Gasteiger partial charge in [-0.25, -0.2) is 0 Å². The maximum atomic E-state index is 13.8. The fourth-order valence-corrected chi connectivity index (χ4v) is 4.50. The van der Waals surface area contributed by atoms with Crippen molar-refractivity contribution in [2.75, 3.05) is 0 Å². The third-order valence-corrected chi connectivity index (χ3v) is 5.88. The van der Waals surface area contributed by atoms with Crippen LogP contribution in [0.1, 0.15) is 48.6 Å². The zero-order chi connectivity index (χ0) is 25.6. The number of hydrogen-bond donors (Lipinski definition) is 1. The minimum absolute atomic E-state index is 0.0973. The van der Waals surface area contributed by atoms with Crippen molar-refractivity contribution in [2.24, 2.45) is 0 Å². The van der Waals surface area contributed by atoms with Gasteiger partial charge in [0.1, 0.15) is 6.04 Å². The maximum Gasteiger partial charge on any atom is 0.243 e. The Kier molecular flexibility index (Phi) is 8.74. The van der Waals surface area contributed by atoms with Crippen LogP contribution in [0.2, 0.25) is 5.02 Å². The molecule has 0 aromatic heterocycles. The summed E-state index contributed by atoms with van der Waals surface area (Å²) in [6, 6.07) is 22.8. The second-order valence-corrected chi connectivity index (χ2v) is 10.7. The lowest BCUT2D eigenvalue weighted by atomic mass is 9.99. The smallest absolute Gasteiger partial charge is 0.243 e. The van der Waals surface area contributed by atoms with E-state index in [-0.39, 0.29) is 18.2 Å². The summed E-state index contributed by atoms with van der Waals surface area (Å²) in [7, 11) is 0. The van der Waals surface area contributed by atoms with Crippen molar-refractivity contribution in [3.05, 3.63) is 106 Å². The molecule has 0 heterocycles. The molecule has 1 atom stereocenters. The lowest BCUT2D eigenvalue weighted by Gasteiger charge is -2.34. The molecule has 0 unspecified atom stereocenters. The number of carbonyl (C=O) groups excluding carboxylic acids is 2. The van der Waals surface area contributed by atoms with Crippen LogP contribution in [0, 0.1) is 13.8 Å². The first-order valence-corrected chi connectivity index (χ1v) is 12.3. The van der Waals surface area contributed by atoms with Crippen LogP contribution in [0.25, 0.3) is 0 Å². The molecule has 0 aliphatic heterocycles. The van der Waals surface area contributed by atoms with Crippen molar-refractivity contribution < 1.29 is 9.59 Å². The number of aryl methyl sites for hydroxylation is 2. The first kappa shape index (κ1) is 26.5. The molecule has 1 N–H and O–H groups in total. The van der Waals surface area contributed by atoms with Crippen LogP contribution in [0.5, 0.6) is 0 Å². The van der Waals surface area contributed by atoms with Crippen LogP contribution < -0.4 is 5.32 Å². The van der Waals surface area contributed by atoms with Gasteiger partial charge in [0.2, 0.25) is 11.8 Å². The molecule has 3 aromatic rings. The summed E-state index contributed by atoms with van der Waals surface area (Å²) in [5, 5.41) is 3.70. The van der Waals surface area contributed by atoms with Crippen molar-refractivity contribution >= 4 is 23.4 Å². The molecule has 0 radical (unpaired) electrons. The summed E-state index contributed by atoms with van der Waals surface area (Å²) in [5.74, 6) is -0.267. The molecule has 0 bridgehead atoms. The van der Waals surface area contributed by atoms with Gasteiger partial charge in [-0.05, 0) is 63.4 Å². The highest BCUT2D eigenvalue weighted by molar-refractivity contribution is 6.30. The van der Waals surface area contributed by atoms with E-state index in [0.717, 1.165) is 27.8 Å².